The van der Waals surface area contributed by atoms with Gasteiger partial charge in [0, 0.05) is 6.20 Å². The van der Waals surface area contributed by atoms with Crippen molar-refractivity contribution in [3.63, 3.8) is 0 Å². The van der Waals surface area contributed by atoms with E-state index in [0.717, 1.165) is 11.4 Å². The fraction of sp³-hybridized carbons (Fsp3) is 0.250. The molecule has 0 atom stereocenters. The lowest BCUT2D eigenvalue weighted by Crippen LogP contribution is -1.98. The van der Waals surface area contributed by atoms with Gasteiger partial charge in [0.2, 0.25) is 0 Å². The first-order chi connectivity index (χ1) is 7.20. The molecule has 0 saturated carbocycles. The molecule has 0 spiro atoms. The smallest absolute Gasteiger partial charge is 0.0776 e. The minimum absolute atomic E-state index is 0.456. The van der Waals surface area contributed by atoms with Crippen LogP contribution >= 0.6 is 11.6 Å². The maximum atomic E-state index is 5.72. The van der Waals surface area contributed by atoms with Crippen LogP contribution in [0.5, 0.6) is 0 Å². The molecule has 0 N–H and O–H groups in total. The first-order valence-corrected chi connectivity index (χ1v) is 5.42. The number of hydrogen-bond acceptors (Lipinski definition) is 1. The largest absolute Gasteiger partial charge is 0.240 e. The molecule has 0 fully saturated rings. The molecular formula is C12H13ClN2. The Kier molecular flexibility index (Phi) is 2.78. The highest BCUT2D eigenvalue weighted by molar-refractivity contribution is 6.16. The van der Waals surface area contributed by atoms with Crippen LogP contribution in [-0.4, -0.2) is 9.78 Å². The van der Waals surface area contributed by atoms with Gasteiger partial charge in [-0.25, -0.2) is 4.68 Å². The third kappa shape index (κ3) is 2.05. The predicted molar refractivity (Wildman–Crippen MR) is 62.6 cm³/mol. The number of nitrogens with zero attached hydrogens (tertiary/aromatic N) is 2. The molecule has 0 unspecified atom stereocenters. The second-order valence-electron chi connectivity index (χ2n) is 3.68. The van der Waals surface area contributed by atoms with Crippen LogP contribution < -0.4 is 0 Å². The van der Waals surface area contributed by atoms with Crippen molar-refractivity contribution in [2.75, 3.05) is 0 Å². The molecule has 0 aliphatic rings. The van der Waals surface area contributed by atoms with Gasteiger partial charge in [-0.1, -0.05) is 12.1 Å². The lowest BCUT2D eigenvalue weighted by atomic mass is 10.1. The van der Waals surface area contributed by atoms with E-state index in [1.807, 2.05) is 16.9 Å². The number of aryl methyl sites for hydroxylation is 2. The van der Waals surface area contributed by atoms with E-state index < -0.39 is 0 Å². The lowest BCUT2D eigenvalue weighted by molar-refractivity contribution is 0.851. The average Bonchev–Trinajstić information content (AvgIpc) is 2.70. The van der Waals surface area contributed by atoms with Crippen LogP contribution in [0.3, 0.4) is 0 Å². The first-order valence-electron chi connectivity index (χ1n) is 4.89. The molecular weight excluding hydrogens is 208 g/mol. The molecule has 3 heteroatoms. The van der Waals surface area contributed by atoms with Crippen molar-refractivity contribution >= 4 is 11.6 Å². The Labute approximate surface area is 94.5 Å². The summed E-state index contributed by atoms with van der Waals surface area (Å²) in [4.78, 5) is 0. The monoisotopic (exact) mass is 220 g/mol. The lowest BCUT2D eigenvalue weighted by Gasteiger charge is -2.06. The van der Waals surface area contributed by atoms with Crippen LogP contribution in [0, 0.1) is 13.8 Å². The van der Waals surface area contributed by atoms with Gasteiger partial charge in [-0.2, -0.15) is 5.10 Å². The minimum Gasteiger partial charge on any atom is -0.240 e. The average molecular weight is 221 g/mol. The van der Waals surface area contributed by atoms with Gasteiger partial charge in [0.15, 0.2) is 0 Å². The molecule has 0 saturated heterocycles. The molecule has 1 aromatic heterocycles. The Morgan fingerprint density at radius 3 is 2.73 bits per heavy atom. The van der Waals surface area contributed by atoms with Crippen LogP contribution in [0.25, 0.3) is 5.69 Å². The van der Waals surface area contributed by atoms with Gasteiger partial charge in [-0.05, 0) is 37.1 Å². The fourth-order valence-corrected chi connectivity index (χ4v) is 1.68. The summed E-state index contributed by atoms with van der Waals surface area (Å²) in [5, 5.41) is 4.39. The summed E-state index contributed by atoms with van der Waals surface area (Å²) in [6.45, 7) is 4.16. The minimum atomic E-state index is 0.456. The highest BCUT2D eigenvalue weighted by atomic mass is 35.5. The van der Waals surface area contributed by atoms with Gasteiger partial charge in [-0.15, -0.1) is 11.6 Å². The zero-order chi connectivity index (χ0) is 10.8. The Hall–Kier alpha value is -1.28. The third-order valence-electron chi connectivity index (χ3n) is 2.39. The number of halogens is 1. The SMILES string of the molecule is Cc1ccc(C)c(-n2ccc(CCl)n2)c1. The number of aromatic nitrogens is 2. The summed E-state index contributed by atoms with van der Waals surface area (Å²) < 4.78 is 1.88. The first kappa shape index (κ1) is 10.2. The Balaban J connectivity index is 2.48. The van der Waals surface area contributed by atoms with Gasteiger partial charge >= 0.3 is 0 Å². The molecule has 0 amide bonds. The van der Waals surface area contributed by atoms with E-state index in [1.165, 1.54) is 11.1 Å². The van der Waals surface area contributed by atoms with Crippen LogP contribution in [-0.2, 0) is 5.88 Å². The van der Waals surface area contributed by atoms with Crippen molar-refractivity contribution in [1.29, 1.82) is 0 Å². The van der Waals surface area contributed by atoms with Crippen molar-refractivity contribution in [1.82, 2.24) is 9.78 Å². The molecule has 1 heterocycles. The normalized spacial score (nSPS) is 10.6. The highest BCUT2D eigenvalue weighted by Gasteiger charge is 2.03. The molecule has 0 aliphatic heterocycles. The van der Waals surface area contributed by atoms with Crippen molar-refractivity contribution < 1.29 is 0 Å². The second-order valence-corrected chi connectivity index (χ2v) is 3.94. The highest BCUT2D eigenvalue weighted by Crippen LogP contribution is 2.15. The van der Waals surface area contributed by atoms with Crippen molar-refractivity contribution in [3.05, 3.63) is 47.3 Å². The maximum Gasteiger partial charge on any atom is 0.0776 e. The van der Waals surface area contributed by atoms with Gasteiger partial charge in [0.25, 0.3) is 0 Å². The van der Waals surface area contributed by atoms with E-state index in [9.17, 15) is 0 Å². The molecule has 2 nitrogen and oxygen atoms in total. The fourth-order valence-electron chi connectivity index (χ4n) is 1.53. The number of alkyl halides is 1. The second kappa shape index (κ2) is 4.07. The third-order valence-corrected chi connectivity index (χ3v) is 2.67. The van der Waals surface area contributed by atoms with E-state index >= 15 is 0 Å². The maximum absolute atomic E-state index is 5.72. The summed E-state index contributed by atoms with van der Waals surface area (Å²) in [7, 11) is 0. The topological polar surface area (TPSA) is 17.8 Å². The zero-order valence-electron chi connectivity index (χ0n) is 8.87. The van der Waals surface area contributed by atoms with E-state index in [2.05, 4.69) is 37.1 Å². The van der Waals surface area contributed by atoms with Crippen LogP contribution in [0.1, 0.15) is 16.8 Å². The Bertz CT molecular complexity index is 474. The molecule has 0 bridgehead atoms. The molecule has 15 heavy (non-hydrogen) atoms. The van der Waals surface area contributed by atoms with Crippen molar-refractivity contribution in [3.8, 4) is 5.69 Å². The van der Waals surface area contributed by atoms with Crippen molar-refractivity contribution in [2.45, 2.75) is 19.7 Å². The summed E-state index contributed by atoms with van der Waals surface area (Å²) in [6.07, 6.45) is 1.94. The molecule has 2 rings (SSSR count). The van der Waals surface area contributed by atoms with E-state index in [1.54, 1.807) is 0 Å². The molecule has 2 aromatic rings. The summed E-state index contributed by atoms with van der Waals surface area (Å²) in [6, 6.07) is 8.27. The van der Waals surface area contributed by atoms with Gasteiger partial charge in [-0.3, -0.25) is 0 Å². The molecule has 0 aliphatic carbocycles. The van der Waals surface area contributed by atoms with E-state index in [-0.39, 0.29) is 0 Å². The van der Waals surface area contributed by atoms with Crippen LogP contribution in [0.15, 0.2) is 30.5 Å². The van der Waals surface area contributed by atoms with Gasteiger partial charge in [0.1, 0.15) is 0 Å². The molecule has 0 radical (unpaired) electrons. The quantitative estimate of drug-likeness (QED) is 0.711. The summed E-state index contributed by atoms with van der Waals surface area (Å²) in [5.74, 6) is 0.456. The predicted octanol–water partition coefficient (Wildman–Crippen LogP) is 3.23. The van der Waals surface area contributed by atoms with Gasteiger partial charge < -0.3 is 0 Å². The van der Waals surface area contributed by atoms with Crippen molar-refractivity contribution in [2.24, 2.45) is 0 Å². The number of rotatable bonds is 2. The Morgan fingerprint density at radius 1 is 1.27 bits per heavy atom. The van der Waals surface area contributed by atoms with Crippen LogP contribution in [0.4, 0.5) is 0 Å². The molecule has 1 aromatic carbocycles. The summed E-state index contributed by atoms with van der Waals surface area (Å²) >= 11 is 5.72. The summed E-state index contributed by atoms with van der Waals surface area (Å²) in [5.41, 5.74) is 4.47. The number of hydrogen-bond donors (Lipinski definition) is 0. The molecule has 78 valence electrons. The van der Waals surface area contributed by atoms with Crippen LogP contribution in [0.2, 0.25) is 0 Å². The standard InChI is InChI=1S/C12H13ClN2/c1-9-3-4-10(2)12(7-9)15-6-5-11(8-13)14-15/h3-7H,8H2,1-2H3. The van der Waals surface area contributed by atoms with E-state index in [0.29, 0.717) is 5.88 Å². The zero-order valence-corrected chi connectivity index (χ0v) is 9.62. The van der Waals surface area contributed by atoms with Gasteiger partial charge in [0.05, 0.1) is 17.3 Å². The van der Waals surface area contributed by atoms with E-state index in [4.69, 9.17) is 11.6 Å². The Morgan fingerprint density at radius 2 is 2.07 bits per heavy atom. The number of benzene rings is 1.